The zero-order valence-corrected chi connectivity index (χ0v) is 12.5. The molecule has 0 spiro atoms. The Morgan fingerprint density at radius 2 is 1.62 bits per heavy atom. The van der Waals surface area contributed by atoms with E-state index in [1.54, 1.807) is 12.1 Å². The van der Waals surface area contributed by atoms with Crippen molar-refractivity contribution < 1.29 is 19.4 Å². The molecule has 0 aliphatic rings. The second-order valence-electron chi connectivity index (χ2n) is 4.80. The van der Waals surface area contributed by atoms with E-state index in [1.807, 2.05) is 0 Å². The second kappa shape index (κ2) is 4.41. The molecule has 0 fully saturated rings. The molecule has 0 radical (unpaired) electrons. The Kier molecular flexibility index (Phi) is 2.96. The number of rotatable bonds is 3. The number of benzene rings is 1. The van der Waals surface area contributed by atoms with E-state index in [4.69, 9.17) is 5.73 Å². The van der Waals surface area contributed by atoms with E-state index >= 15 is 0 Å². The molecule has 12 heteroatoms. The summed E-state index contributed by atoms with van der Waals surface area (Å²) in [6.07, 6.45) is 1.46. The molecule has 3 rings (SSSR count). The standard InChI is InChI=1S/C12H9F5N6S/c13-24(14,15,16,17)9-5-3-8(4-6-9)23-21-12(20-22-23)10-2-1-7-19-11(10)18/h1-7H,(H2,18,19). The van der Waals surface area contributed by atoms with Crippen LogP contribution < -0.4 is 5.73 Å². The Labute approximate surface area is 131 Å². The van der Waals surface area contributed by atoms with Gasteiger partial charge in [-0.3, -0.25) is 0 Å². The van der Waals surface area contributed by atoms with Crippen LogP contribution in [0.5, 0.6) is 0 Å². The van der Waals surface area contributed by atoms with Gasteiger partial charge in [0.1, 0.15) is 10.7 Å². The Hall–Kier alpha value is -2.76. The van der Waals surface area contributed by atoms with Crippen molar-refractivity contribution in [3.05, 3.63) is 42.6 Å². The van der Waals surface area contributed by atoms with Gasteiger partial charge in [-0.05, 0) is 41.6 Å². The third kappa shape index (κ3) is 3.13. The summed E-state index contributed by atoms with van der Waals surface area (Å²) in [6.45, 7) is 0. The number of aromatic nitrogens is 5. The molecular weight excluding hydrogens is 355 g/mol. The largest absolute Gasteiger partial charge is 0.383 e. The number of nitrogens with two attached hydrogens (primary N) is 1. The van der Waals surface area contributed by atoms with Gasteiger partial charge >= 0.3 is 10.2 Å². The van der Waals surface area contributed by atoms with Gasteiger partial charge in [-0.1, -0.05) is 19.4 Å². The van der Waals surface area contributed by atoms with Gasteiger partial charge in [0.05, 0.1) is 11.3 Å². The molecule has 1 aromatic carbocycles. The maximum atomic E-state index is 12.7. The molecule has 24 heavy (non-hydrogen) atoms. The number of pyridine rings is 1. The Balaban J connectivity index is 1.96. The number of nitrogen functional groups attached to an aromatic ring is 1. The molecule has 0 amide bonds. The number of halogens is 5. The summed E-state index contributed by atoms with van der Waals surface area (Å²) in [5.74, 6) is 0.241. The molecule has 2 N–H and O–H groups in total. The van der Waals surface area contributed by atoms with Crippen molar-refractivity contribution in [1.29, 1.82) is 0 Å². The third-order valence-electron chi connectivity index (χ3n) is 3.01. The Bertz CT molecular complexity index is 906. The van der Waals surface area contributed by atoms with Gasteiger partial charge in [-0.2, -0.15) is 0 Å². The summed E-state index contributed by atoms with van der Waals surface area (Å²) in [7, 11) is -9.71. The van der Waals surface area contributed by atoms with E-state index in [-0.39, 0.29) is 29.5 Å². The highest BCUT2D eigenvalue weighted by Crippen LogP contribution is 3.02. The van der Waals surface area contributed by atoms with Crippen LogP contribution in [0.15, 0.2) is 47.5 Å². The van der Waals surface area contributed by atoms with Gasteiger partial charge in [0, 0.05) is 6.20 Å². The van der Waals surface area contributed by atoms with Gasteiger partial charge < -0.3 is 5.73 Å². The molecule has 6 nitrogen and oxygen atoms in total. The lowest BCUT2D eigenvalue weighted by atomic mass is 10.2. The molecule has 3 aromatic rings. The maximum absolute atomic E-state index is 12.7. The fourth-order valence-corrected chi connectivity index (χ4v) is 2.53. The van der Waals surface area contributed by atoms with Crippen molar-refractivity contribution in [2.24, 2.45) is 0 Å². The molecule has 0 aliphatic heterocycles. The predicted molar refractivity (Wildman–Crippen MR) is 78.2 cm³/mol. The fraction of sp³-hybridized carbons (Fsp3) is 0. The molecule has 0 unspecified atom stereocenters. The molecule has 0 atom stereocenters. The summed E-state index contributed by atoms with van der Waals surface area (Å²) in [4.78, 5) is 2.76. The lowest BCUT2D eigenvalue weighted by molar-refractivity contribution is 0.364. The first-order chi connectivity index (χ1) is 10.9. The molecule has 0 aliphatic carbocycles. The van der Waals surface area contributed by atoms with E-state index in [0.717, 1.165) is 16.9 Å². The van der Waals surface area contributed by atoms with Crippen LogP contribution in [-0.2, 0) is 0 Å². The minimum atomic E-state index is -9.71. The maximum Gasteiger partial charge on any atom is 0.310 e. The number of anilines is 1. The molecule has 2 aromatic heterocycles. The lowest BCUT2D eigenvalue weighted by Crippen LogP contribution is -2.06. The van der Waals surface area contributed by atoms with E-state index in [9.17, 15) is 19.4 Å². The van der Waals surface area contributed by atoms with Crippen molar-refractivity contribution in [1.82, 2.24) is 25.2 Å². The lowest BCUT2D eigenvalue weighted by Gasteiger charge is -2.40. The molecule has 0 bridgehead atoms. The molecule has 2 heterocycles. The highest BCUT2D eigenvalue weighted by atomic mass is 32.5. The van der Waals surface area contributed by atoms with E-state index in [2.05, 4.69) is 20.4 Å². The first-order valence-electron chi connectivity index (χ1n) is 6.29. The van der Waals surface area contributed by atoms with E-state index in [0.29, 0.717) is 5.56 Å². The summed E-state index contributed by atoms with van der Waals surface area (Å²) in [6, 6.07) is 5.38. The topological polar surface area (TPSA) is 82.5 Å². The number of nitrogens with zero attached hydrogens (tertiary/aromatic N) is 5. The van der Waals surface area contributed by atoms with E-state index in [1.165, 1.54) is 6.20 Å². The summed E-state index contributed by atoms with van der Waals surface area (Å²) >= 11 is 0. The molecule has 0 saturated carbocycles. The van der Waals surface area contributed by atoms with Crippen molar-refractivity contribution in [3.63, 3.8) is 0 Å². The molecule has 0 saturated heterocycles. The summed E-state index contributed by atoms with van der Waals surface area (Å²) in [5, 5.41) is 11.3. The van der Waals surface area contributed by atoms with Crippen LogP contribution in [0.2, 0.25) is 0 Å². The van der Waals surface area contributed by atoms with Crippen LogP contribution in [-0.4, -0.2) is 25.2 Å². The fourth-order valence-electron chi connectivity index (χ4n) is 1.87. The Morgan fingerprint density at radius 1 is 0.958 bits per heavy atom. The number of hydrogen-bond donors (Lipinski definition) is 1. The number of hydrogen-bond acceptors (Lipinski definition) is 5. The van der Waals surface area contributed by atoms with Gasteiger partial charge in [-0.15, -0.1) is 15.0 Å². The average molecular weight is 364 g/mol. The highest BCUT2D eigenvalue weighted by Gasteiger charge is 2.65. The van der Waals surface area contributed by atoms with Gasteiger partial charge in [0.2, 0.25) is 5.82 Å². The van der Waals surface area contributed by atoms with Crippen LogP contribution in [0, 0.1) is 0 Å². The van der Waals surface area contributed by atoms with Gasteiger partial charge in [0.15, 0.2) is 0 Å². The van der Waals surface area contributed by atoms with Crippen LogP contribution >= 0.6 is 10.2 Å². The summed E-state index contributed by atoms with van der Waals surface area (Å²) in [5.41, 5.74) is 6.08. The number of tetrazole rings is 1. The normalized spacial score (nSPS) is 14.9. The average Bonchev–Trinajstić information content (AvgIpc) is 2.95. The molecular formula is C12H9F5N6S. The molecule has 128 valence electrons. The monoisotopic (exact) mass is 364 g/mol. The minimum Gasteiger partial charge on any atom is -0.383 e. The summed E-state index contributed by atoms with van der Waals surface area (Å²) < 4.78 is 63.4. The zero-order chi connectivity index (χ0) is 17.7. The zero-order valence-electron chi connectivity index (χ0n) is 11.7. The second-order valence-corrected chi connectivity index (χ2v) is 7.21. The van der Waals surface area contributed by atoms with Gasteiger partial charge in [0.25, 0.3) is 0 Å². The smallest absolute Gasteiger partial charge is 0.310 e. The predicted octanol–water partition coefficient (Wildman–Crippen LogP) is 3.96. The third-order valence-corrected chi connectivity index (χ3v) is 4.17. The van der Waals surface area contributed by atoms with Crippen LogP contribution in [0.3, 0.4) is 0 Å². The highest BCUT2D eigenvalue weighted by molar-refractivity contribution is 8.45. The Morgan fingerprint density at radius 3 is 2.21 bits per heavy atom. The van der Waals surface area contributed by atoms with Crippen molar-refractivity contribution >= 4 is 16.0 Å². The van der Waals surface area contributed by atoms with Crippen molar-refractivity contribution in [2.45, 2.75) is 4.90 Å². The van der Waals surface area contributed by atoms with Crippen molar-refractivity contribution in [3.8, 4) is 17.1 Å². The SMILES string of the molecule is Nc1ncccc1-c1nnn(-c2ccc(S(F)(F)(F)(F)F)cc2)n1. The minimum absolute atomic E-state index is 0.0295. The quantitative estimate of drug-likeness (QED) is 0.711. The first kappa shape index (κ1) is 16.1. The van der Waals surface area contributed by atoms with Crippen LogP contribution in [0.4, 0.5) is 25.2 Å². The van der Waals surface area contributed by atoms with Gasteiger partial charge in [-0.25, -0.2) is 4.98 Å². The van der Waals surface area contributed by atoms with Crippen LogP contribution in [0.1, 0.15) is 0 Å². The van der Waals surface area contributed by atoms with E-state index < -0.39 is 15.1 Å². The van der Waals surface area contributed by atoms with Crippen molar-refractivity contribution in [2.75, 3.05) is 5.73 Å². The van der Waals surface area contributed by atoms with Crippen LogP contribution in [0.25, 0.3) is 17.1 Å². The first-order valence-corrected chi connectivity index (χ1v) is 8.24.